The van der Waals surface area contributed by atoms with Gasteiger partial charge in [-0.1, -0.05) is 12.1 Å². The largest absolute Gasteiger partial charge is 0.493 e. The number of sulfone groups is 1. The van der Waals surface area contributed by atoms with Crippen LogP contribution < -0.4 is 14.8 Å². The smallest absolute Gasteiger partial charge is 0.258 e. The molecule has 1 aromatic rings. The second-order valence-corrected chi connectivity index (χ2v) is 6.84. The van der Waals surface area contributed by atoms with Crippen molar-refractivity contribution < 1.29 is 22.7 Å². The molecule has 2 rings (SSSR count). The molecule has 1 aliphatic rings. The molecule has 0 aliphatic carbocycles. The number of carbonyl (C=O) groups is 1. The fraction of sp³-hybridized carbons (Fsp3) is 0.462. The van der Waals surface area contributed by atoms with Crippen molar-refractivity contribution in [1.82, 2.24) is 5.32 Å². The number of hydrogen-bond acceptors (Lipinski definition) is 5. The van der Waals surface area contributed by atoms with E-state index in [4.69, 9.17) is 9.47 Å². The Morgan fingerprint density at radius 3 is 2.65 bits per heavy atom. The topological polar surface area (TPSA) is 81.7 Å². The van der Waals surface area contributed by atoms with E-state index in [0.29, 0.717) is 17.9 Å². The van der Waals surface area contributed by atoms with Gasteiger partial charge >= 0.3 is 0 Å². The predicted molar refractivity (Wildman–Crippen MR) is 73.7 cm³/mol. The minimum atomic E-state index is -2.99. The maximum absolute atomic E-state index is 11.7. The number of rotatable bonds is 5. The van der Waals surface area contributed by atoms with Gasteiger partial charge in [0.1, 0.15) is 0 Å². The predicted octanol–water partition coefficient (Wildman–Crippen LogP) is 0.377. The van der Waals surface area contributed by atoms with Crippen LogP contribution in [0.2, 0.25) is 0 Å². The molecule has 110 valence electrons. The fourth-order valence-electron chi connectivity index (χ4n) is 2.06. The maximum Gasteiger partial charge on any atom is 0.258 e. The molecule has 6 nitrogen and oxygen atoms in total. The maximum atomic E-state index is 11.7. The monoisotopic (exact) mass is 299 g/mol. The fourth-order valence-corrected chi connectivity index (χ4v) is 3.73. The Balaban J connectivity index is 1.84. The zero-order valence-corrected chi connectivity index (χ0v) is 12.0. The van der Waals surface area contributed by atoms with Gasteiger partial charge in [-0.3, -0.25) is 4.79 Å². The Morgan fingerprint density at radius 1 is 1.35 bits per heavy atom. The lowest BCUT2D eigenvalue weighted by Crippen LogP contribution is -2.38. The average molecular weight is 299 g/mol. The Hall–Kier alpha value is -1.76. The lowest BCUT2D eigenvalue weighted by Gasteiger charge is -2.13. The van der Waals surface area contributed by atoms with Crippen molar-refractivity contribution in [3.05, 3.63) is 24.3 Å². The van der Waals surface area contributed by atoms with Crippen LogP contribution >= 0.6 is 0 Å². The molecule has 1 unspecified atom stereocenters. The van der Waals surface area contributed by atoms with E-state index in [1.54, 1.807) is 24.3 Å². The Morgan fingerprint density at radius 2 is 2.05 bits per heavy atom. The number of para-hydroxylation sites is 2. The van der Waals surface area contributed by atoms with Crippen LogP contribution in [0.25, 0.3) is 0 Å². The number of carbonyl (C=O) groups excluding carboxylic acids is 1. The zero-order chi connectivity index (χ0) is 14.6. The quantitative estimate of drug-likeness (QED) is 0.850. The van der Waals surface area contributed by atoms with E-state index >= 15 is 0 Å². The van der Waals surface area contributed by atoms with E-state index in [9.17, 15) is 13.2 Å². The summed E-state index contributed by atoms with van der Waals surface area (Å²) < 4.78 is 33.0. The van der Waals surface area contributed by atoms with Gasteiger partial charge in [-0.15, -0.1) is 0 Å². The van der Waals surface area contributed by atoms with Crippen molar-refractivity contribution in [3.8, 4) is 11.5 Å². The molecule has 0 saturated carbocycles. The SMILES string of the molecule is COc1ccccc1OCC(=O)NC1CCS(=O)(=O)C1. The number of nitrogens with one attached hydrogen (secondary N) is 1. The summed E-state index contributed by atoms with van der Waals surface area (Å²) in [6.07, 6.45) is 0.461. The minimum absolute atomic E-state index is 0.00734. The van der Waals surface area contributed by atoms with Gasteiger partial charge in [0.2, 0.25) is 0 Å². The highest BCUT2D eigenvalue weighted by molar-refractivity contribution is 7.91. The van der Waals surface area contributed by atoms with Crippen LogP contribution in [-0.2, 0) is 14.6 Å². The summed E-state index contributed by atoms with van der Waals surface area (Å²) in [6, 6.07) is 6.70. The first-order valence-corrected chi connectivity index (χ1v) is 8.08. The van der Waals surface area contributed by atoms with Crippen LogP contribution in [0, 0.1) is 0 Å². The molecule has 0 aromatic heterocycles. The van der Waals surface area contributed by atoms with Crippen molar-refractivity contribution >= 4 is 15.7 Å². The van der Waals surface area contributed by atoms with E-state index in [1.807, 2.05) is 0 Å². The highest BCUT2D eigenvalue weighted by atomic mass is 32.2. The van der Waals surface area contributed by atoms with Crippen molar-refractivity contribution in [2.45, 2.75) is 12.5 Å². The summed E-state index contributed by atoms with van der Waals surface area (Å²) in [5, 5.41) is 2.66. The summed E-state index contributed by atoms with van der Waals surface area (Å²) >= 11 is 0. The summed E-state index contributed by atoms with van der Waals surface area (Å²) in [4.78, 5) is 11.7. The Labute approximate surface area is 118 Å². The molecule has 1 amide bonds. The molecular weight excluding hydrogens is 282 g/mol. The molecule has 0 radical (unpaired) electrons. The number of methoxy groups -OCH3 is 1. The van der Waals surface area contributed by atoms with Crippen LogP contribution in [0.5, 0.6) is 11.5 Å². The lowest BCUT2D eigenvalue weighted by molar-refractivity contribution is -0.123. The molecular formula is C13H17NO5S. The minimum Gasteiger partial charge on any atom is -0.493 e. The van der Waals surface area contributed by atoms with Gasteiger partial charge in [0.05, 0.1) is 18.6 Å². The zero-order valence-electron chi connectivity index (χ0n) is 11.2. The number of hydrogen-bond donors (Lipinski definition) is 1. The lowest BCUT2D eigenvalue weighted by atomic mass is 10.2. The van der Waals surface area contributed by atoms with E-state index in [0.717, 1.165) is 0 Å². The molecule has 1 aliphatic heterocycles. The normalized spacial score (nSPS) is 20.4. The van der Waals surface area contributed by atoms with Gasteiger partial charge in [-0.25, -0.2) is 8.42 Å². The molecule has 1 aromatic carbocycles. The second-order valence-electron chi connectivity index (χ2n) is 4.61. The molecule has 20 heavy (non-hydrogen) atoms. The standard InChI is InChI=1S/C13H17NO5S/c1-18-11-4-2-3-5-12(11)19-8-13(15)14-10-6-7-20(16,17)9-10/h2-5,10H,6-9H2,1H3,(H,14,15). The van der Waals surface area contributed by atoms with Gasteiger partial charge in [0.25, 0.3) is 5.91 Å². The average Bonchev–Trinajstić information content (AvgIpc) is 2.76. The number of amides is 1. The Kier molecular flexibility index (Phi) is 4.49. The van der Waals surface area contributed by atoms with Crippen LogP contribution in [-0.4, -0.2) is 45.6 Å². The van der Waals surface area contributed by atoms with Gasteiger partial charge in [-0.05, 0) is 18.6 Å². The van der Waals surface area contributed by atoms with Gasteiger partial charge < -0.3 is 14.8 Å². The highest BCUT2D eigenvalue weighted by Gasteiger charge is 2.28. The molecule has 0 bridgehead atoms. The third-order valence-electron chi connectivity index (χ3n) is 3.03. The van der Waals surface area contributed by atoms with Crippen molar-refractivity contribution in [1.29, 1.82) is 0 Å². The van der Waals surface area contributed by atoms with Crippen molar-refractivity contribution in [2.24, 2.45) is 0 Å². The first-order chi connectivity index (χ1) is 9.50. The molecule has 1 heterocycles. The summed E-state index contributed by atoms with van der Waals surface area (Å²) in [5.41, 5.74) is 0. The highest BCUT2D eigenvalue weighted by Crippen LogP contribution is 2.25. The van der Waals surface area contributed by atoms with Crippen molar-refractivity contribution in [2.75, 3.05) is 25.2 Å². The third kappa shape index (κ3) is 3.86. The van der Waals surface area contributed by atoms with Crippen LogP contribution in [0.3, 0.4) is 0 Å². The first kappa shape index (κ1) is 14.6. The van der Waals surface area contributed by atoms with Gasteiger partial charge in [0.15, 0.2) is 27.9 Å². The molecule has 7 heteroatoms. The molecule has 1 saturated heterocycles. The van der Waals surface area contributed by atoms with E-state index in [-0.39, 0.29) is 30.1 Å². The van der Waals surface area contributed by atoms with E-state index in [2.05, 4.69) is 5.32 Å². The number of ether oxygens (including phenoxy) is 2. The third-order valence-corrected chi connectivity index (χ3v) is 4.79. The van der Waals surface area contributed by atoms with E-state index in [1.165, 1.54) is 7.11 Å². The van der Waals surface area contributed by atoms with Gasteiger partial charge in [-0.2, -0.15) is 0 Å². The van der Waals surface area contributed by atoms with Crippen LogP contribution in [0.1, 0.15) is 6.42 Å². The van der Waals surface area contributed by atoms with E-state index < -0.39 is 9.84 Å². The number of benzene rings is 1. The summed E-state index contributed by atoms with van der Waals surface area (Å²) in [6.45, 7) is -0.170. The molecule has 1 atom stereocenters. The van der Waals surface area contributed by atoms with Gasteiger partial charge in [0, 0.05) is 6.04 Å². The molecule has 1 N–H and O–H groups in total. The second kappa shape index (κ2) is 6.13. The summed E-state index contributed by atoms with van der Waals surface area (Å²) in [7, 11) is -1.47. The molecule has 1 fully saturated rings. The summed E-state index contributed by atoms with van der Waals surface area (Å²) in [5.74, 6) is 0.824. The van der Waals surface area contributed by atoms with Crippen molar-refractivity contribution in [3.63, 3.8) is 0 Å². The van der Waals surface area contributed by atoms with Crippen LogP contribution in [0.4, 0.5) is 0 Å². The Bertz CT molecular complexity index is 584. The molecule has 0 spiro atoms. The van der Waals surface area contributed by atoms with Crippen LogP contribution in [0.15, 0.2) is 24.3 Å². The first-order valence-electron chi connectivity index (χ1n) is 6.26.